The Kier molecular flexibility index (Phi) is 5.05. The molecule has 0 saturated heterocycles. The van der Waals surface area contributed by atoms with Crippen molar-refractivity contribution in [2.75, 3.05) is 19.3 Å². The Morgan fingerprint density at radius 2 is 2.20 bits per heavy atom. The molecule has 0 amide bonds. The Balaban J connectivity index is 2.01. The number of ether oxygens (including phenoxy) is 1. The van der Waals surface area contributed by atoms with Crippen LogP contribution in [0.3, 0.4) is 0 Å². The third-order valence-electron chi connectivity index (χ3n) is 3.58. The zero-order chi connectivity index (χ0) is 14.6. The van der Waals surface area contributed by atoms with Crippen molar-refractivity contribution in [3.63, 3.8) is 0 Å². The van der Waals surface area contributed by atoms with Crippen LogP contribution in [-0.4, -0.2) is 33.9 Å². The summed E-state index contributed by atoms with van der Waals surface area (Å²) in [5.74, 6) is 0.724. The Morgan fingerprint density at radius 3 is 2.90 bits per heavy atom. The van der Waals surface area contributed by atoms with Gasteiger partial charge in [0.2, 0.25) is 0 Å². The highest BCUT2D eigenvalue weighted by molar-refractivity contribution is 7.90. The molecule has 5 heteroatoms. The summed E-state index contributed by atoms with van der Waals surface area (Å²) in [7, 11) is -3.17. The monoisotopic (exact) mass is 297 g/mol. The lowest BCUT2D eigenvalue weighted by Crippen LogP contribution is -2.34. The Bertz CT molecular complexity index is 554. The second kappa shape index (κ2) is 6.59. The summed E-state index contributed by atoms with van der Waals surface area (Å²) in [6, 6.07) is 5.19. The molecule has 1 aliphatic rings. The maximum absolute atomic E-state index is 11.6. The lowest BCUT2D eigenvalue weighted by molar-refractivity contribution is 0.170. The first kappa shape index (κ1) is 15.3. The van der Waals surface area contributed by atoms with Crippen molar-refractivity contribution >= 4 is 9.84 Å². The molecular formula is C15H23NO3S. The molecule has 1 aliphatic heterocycles. The van der Waals surface area contributed by atoms with Crippen molar-refractivity contribution in [2.24, 2.45) is 0 Å². The number of benzene rings is 1. The minimum absolute atomic E-state index is 0.133. The van der Waals surface area contributed by atoms with Crippen LogP contribution in [0.5, 0.6) is 5.75 Å². The molecule has 112 valence electrons. The summed E-state index contributed by atoms with van der Waals surface area (Å²) in [5.41, 5.74) is 1.10. The largest absolute Gasteiger partial charge is 0.489 e. The van der Waals surface area contributed by atoms with Crippen molar-refractivity contribution in [1.82, 2.24) is 5.32 Å². The Hall–Kier alpha value is -1.07. The van der Waals surface area contributed by atoms with Gasteiger partial charge in [-0.3, -0.25) is 0 Å². The van der Waals surface area contributed by atoms with E-state index < -0.39 is 9.84 Å². The molecule has 1 heterocycles. The third kappa shape index (κ3) is 3.96. The first-order valence-corrected chi connectivity index (χ1v) is 9.10. The first-order valence-electron chi connectivity index (χ1n) is 7.21. The van der Waals surface area contributed by atoms with Crippen LogP contribution in [0.2, 0.25) is 0 Å². The zero-order valence-electron chi connectivity index (χ0n) is 12.2. The highest BCUT2D eigenvalue weighted by Gasteiger charge is 2.21. The van der Waals surface area contributed by atoms with Crippen LogP contribution < -0.4 is 10.1 Å². The van der Waals surface area contributed by atoms with E-state index in [2.05, 4.69) is 12.2 Å². The van der Waals surface area contributed by atoms with E-state index in [1.54, 1.807) is 12.1 Å². The fraction of sp³-hybridized carbons (Fsp3) is 0.600. The second-order valence-corrected chi connectivity index (χ2v) is 7.39. The number of sulfone groups is 1. The molecule has 1 atom stereocenters. The molecule has 0 bridgehead atoms. The number of hydrogen-bond acceptors (Lipinski definition) is 4. The molecule has 0 spiro atoms. The molecule has 1 aromatic rings. The van der Waals surface area contributed by atoms with E-state index in [0.717, 1.165) is 37.2 Å². The predicted octanol–water partition coefficient (Wildman–Crippen LogP) is 2.17. The van der Waals surface area contributed by atoms with Gasteiger partial charge in [-0.2, -0.15) is 0 Å². The maximum Gasteiger partial charge on any atom is 0.175 e. The molecule has 0 saturated carbocycles. The van der Waals surface area contributed by atoms with E-state index >= 15 is 0 Å². The summed E-state index contributed by atoms with van der Waals surface area (Å²) in [6.07, 6.45) is 5.63. The van der Waals surface area contributed by atoms with Gasteiger partial charge in [-0.15, -0.1) is 0 Å². The molecule has 1 aromatic carbocycles. The van der Waals surface area contributed by atoms with Crippen LogP contribution in [0.15, 0.2) is 23.1 Å². The SMILES string of the molecule is CCCCNCC1CCc2ccc(S(C)(=O)=O)cc2O1. The molecule has 0 aliphatic carbocycles. The van der Waals surface area contributed by atoms with Crippen molar-refractivity contribution in [1.29, 1.82) is 0 Å². The number of fused-ring (bicyclic) bond motifs is 1. The zero-order valence-corrected chi connectivity index (χ0v) is 13.0. The summed E-state index contributed by atoms with van der Waals surface area (Å²) in [4.78, 5) is 0.329. The van der Waals surface area contributed by atoms with E-state index in [9.17, 15) is 8.42 Å². The fourth-order valence-electron chi connectivity index (χ4n) is 2.35. The molecule has 0 aromatic heterocycles. The molecular weight excluding hydrogens is 274 g/mol. The van der Waals surface area contributed by atoms with E-state index in [4.69, 9.17) is 4.74 Å². The van der Waals surface area contributed by atoms with Gasteiger partial charge in [0.05, 0.1) is 4.90 Å². The van der Waals surface area contributed by atoms with Gasteiger partial charge in [-0.05, 0) is 43.5 Å². The van der Waals surface area contributed by atoms with E-state index in [1.165, 1.54) is 19.1 Å². The quantitative estimate of drug-likeness (QED) is 0.818. The van der Waals surface area contributed by atoms with Crippen molar-refractivity contribution in [2.45, 2.75) is 43.6 Å². The minimum Gasteiger partial charge on any atom is -0.489 e. The topological polar surface area (TPSA) is 55.4 Å². The van der Waals surface area contributed by atoms with Crippen molar-refractivity contribution in [3.05, 3.63) is 23.8 Å². The smallest absolute Gasteiger partial charge is 0.175 e. The van der Waals surface area contributed by atoms with E-state index in [1.807, 2.05) is 6.07 Å². The fourth-order valence-corrected chi connectivity index (χ4v) is 2.98. The summed E-state index contributed by atoms with van der Waals surface area (Å²) >= 11 is 0. The number of hydrogen-bond donors (Lipinski definition) is 1. The number of rotatable bonds is 6. The van der Waals surface area contributed by atoms with Gasteiger partial charge in [0.15, 0.2) is 9.84 Å². The number of nitrogens with one attached hydrogen (secondary N) is 1. The predicted molar refractivity (Wildman–Crippen MR) is 80.1 cm³/mol. The Morgan fingerprint density at radius 1 is 1.40 bits per heavy atom. The number of aryl methyl sites for hydroxylation is 1. The average molecular weight is 297 g/mol. The van der Waals surface area contributed by atoms with Crippen LogP contribution in [-0.2, 0) is 16.3 Å². The number of unbranched alkanes of at least 4 members (excludes halogenated alkanes) is 1. The second-order valence-electron chi connectivity index (χ2n) is 5.38. The van der Waals surface area contributed by atoms with Crippen molar-refractivity contribution < 1.29 is 13.2 Å². The van der Waals surface area contributed by atoms with Crippen LogP contribution in [0, 0.1) is 0 Å². The van der Waals surface area contributed by atoms with Gasteiger partial charge in [0.1, 0.15) is 11.9 Å². The Labute approximate surface area is 121 Å². The third-order valence-corrected chi connectivity index (χ3v) is 4.69. The summed E-state index contributed by atoms with van der Waals surface area (Å²) in [5, 5.41) is 3.39. The molecule has 1 N–H and O–H groups in total. The first-order chi connectivity index (χ1) is 9.50. The molecule has 20 heavy (non-hydrogen) atoms. The molecule has 4 nitrogen and oxygen atoms in total. The van der Waals surface area contributed by atoms with Crippen LogP contribution in [0.25, 0.3) is 0 Å². The van der Waals surface area contributed by atoms with E-state index in [-0.39, 0.29) is 6.10 Å². The maximum atomic E-state index is 11.6. The van der Waals surface area contributed by atoms with Gasteiger partial charge in [0.25, 0.3) is 0 Å². The normalized spacial score (nSPS) is 18.4. The van der Waals surface area contributed by atoms with Gasteiger partial charge in [-0.1, -0.05) is 19.4 Å². The molecule has 0 fully saturated rings. The standard InChI is InChI=1S/C15H23NO3S/c1-3-4-9-16-11-13-7-5-12-6-8-14(20(2,17)18)10-15(12)19-13/h6,8,10,13,16H,3-5,7,9,11H2,1-2H3. The van der Waals surface area contributed by atoms with Gasteiger partial charge >= 0.3 is 0 Å². The van der Waals surface area contributed by atoms with Crippen LogP contribution in [0.4, 0.5) is 0 Å². The van der Waals surface area contributed by atoms with Gasteiger partial charge < -0.3 is 10.1 Å². The van der Waals surface area contributed by atoms with Crippen molar-refractivity contribution in [3.8, 4) is 5.75 Å². The van der Waals surface area contributed by atoms with Crippen LogP contribution >= 0.6 is 0 Å². The molecule has 0 radical (unpaired) electrons. The minimum atomic E-state index is -3.17. The average Bonchev–Trinajstić information content (AvgIpc) is 2.42. The van der Waals surface area contributed by atoms with Gasteiger partial charge in [-0.25, -0.2) is 8.42 Å². The highest BCUT2D eigenvalue weighted by Crippen LogP contribution is 2.29. The van der Waals surface area contributed by atoms with Gasteiger partial charge in [0, 0.05) is 12.8 Å². The lowest BCUT2D eigenvalue weighted by Gasteiger charge is -2.26. The summed E-state index contributed by atoms with van der Waals surface area (Å²) < 4.78 is 29.1. The molecule has 2 rings (SSSR count). The van der Waals surface area contributed by atoms with Crippen LogP contribution in [0.1, 0.15) is 31.7 Å². The van der Waals surface area contributed by atoms with E-state index in [0.29, 0.717) is 4.90 Å². The highest BCUT2D eigenvalue weighted by atomic mass is 32.2. The lowest BCUT2D eigenvalue weighted by atomic mass is 10.0. The summed E-state index contributed by atoms with van der Waals surface area (Å²) in [6.45, 7) is 4.00. The molecule has 1 unspecified atom stereocenters.